The SMILES string of the molecule is CSc1ccccc1NC(=O)CCCS(=O)(=O)Cc1ccccc1. The van der Waals surface area contributed by atoms with E-state index >= 15 is 0 Å². The second kappa shape index (κ2) is 8.89. The molecule has 2 aromatic carbocycles. The van der Waals surface area contributed by atoms with Gasteiger partial charge >= 0.3 is 0 Å². The van der Waals surface area contributed by atoms with Crippen molar-refractivity contribution in [1.82, 2.24) is 0 Å². The van der Waals surface area contributed by atoms with Crippen LogP contribution in [0.2, 0.25) is 0 Å². The van der Waals surface area contributed by atoms with Gasteiger partial charge in [-0.25, -0.2) is 8.42 Å². The molecule has 1 amide bonds. The zero-order valence-electron chi connectivity index (χ0n) is 13.6. The fourth-order valence-electron chi connectivity index (χ4n) is 2.31. The lowest BCUT2D eigenvalue weighted by molar-refractivity contribution is -0.116. The van der Waals surface area contributed by atoms with Crippen molar-refractivity contribution in [1.29, 1.82) is 0 Å². The first-order valence-electron chi connectivity index (χ1n) is 7.67. The summed E-state index contributed by atoms with van der Waals surface area (Å²) in [4.78, 5) is 13.0. The molecule has 0 unspecified atom stereocenters. The second-order valence-electron chi connectivity index (χ2n) is 5.43. The van der Waals surface area contributed by atoms with Crippen molar-refractivity contribution in [3.63, 3.8) is 0 Å². The third kappa shape index (κ3) is 6.02. The molecule has 0 heterocycles. The minimum absolute atomic E-state index is 0.0134. The molecule has 0 bridgehead atoms. The summed E-state index contributed by atoms with van der Waals surface area (Å²) < 4.78 is 24.2. The van der Waals surface area contributed by atoms with Crippen LogP contribution in [0.4, 0.5) is 5.69 Å². The number of carbonyl (C=O) groups is 1. The van der Waals surface area contributed by atoms with Gasteiger partial charge in [0.2, 0.25) is 5.91 Å². The van der Waals surface area contributed by atoms with Crippen molar-refractivity contribution in [2.75, 3.05) is 17.3 Å². The maximum atomic E-state index is 12.1. The molecule has 0 spiro atoms. The van der Waals surface area contributed by atoms with Gasteiger partial charge in [0.25, 0.3) is 0 Å². The van der Waals surface area contributed by atoms with Crippen LogP contribution >= 0.6 is 11.8 Å². The predicted octanol–water partition coefficient (Wildman–Crippen LogP) is 3.74. The standard InChI is InChI=1S/C18H21NO3S2/c1-23-17-11-6-5-10-16(17)19-18(20)12-7-13-24(21,22)14-15-8-3-2-4-9-15/h2-6,8-11H,7,12-14H2,1H3,(H,19,20). The van der Waals surface area contributed by atoms with E-state index in [4.69, 9.17) is 0 Å². The van der Waals surface area contributed by atoms with E-state index in [1.165, 1.54) is 0 Å². The summed E-state index contributed by atoms with van der Waals surface area (Å²) in [6.07, 6.45) is 2.46. The van der Waals surface area contributed by atoms with Gasteiger partial charge in [-0.1, -0.05) is 42.5 Å². The number of carbonyl (C=O) groups excluding carboxylic acids is 1. The van der Waals surface area contributed by atoms with E-state index < -0.39 is 9.84 Å². The molecule has 24 heavy (non-hydrogen) atoms. The van der Waals surface area contributed by atoms with Crippen LogP contribution < -0.4 is 5.32 Å². The van der Waals surface area contributed by atoms with Crippen LogP contribution in [0.3, 0.4) is 0 Å². The quantitative estimate of drug-likeness (QED) is 0.726. The van der Waals surface area contributed by atoms with Gasteiger partial charge in [-0.2, -0.15) is 0 Å². The lowest BCUT2D eigenvalue weighted by Gasteiger charge is -2.09. The highest BCUT2D eigenvalue weighted by molar-refractivity contribution is 7.98. The molecule has 128 valence electrons. The molecular formula is C18H21NO3S2. The number of benzene rings is 2. The summed E-state index contributed by atoms with van der Waals surface area (Å²) in [5, 5.41) is 2.84. The third-order valence-corrected chi connectivity index (χ3v) is 5.95. The van der Waals surface area contributed by atoms with E-state index in [2.05, 4.69) is 5.32 Å². The van der Waals surface area contributed by atoms with Gasteiger partial charge in [-0.3, -0.25) is 4.79 Å². The maximum Gasteiger partial charge on any atom is 0.224 e. The fourth-order valence-corrected chi connectivity index (χ4v) is 4.30. The zero-order chi connectivity index (χ0) is 17.4. The molecule has 0 radical (unpaired) electrons. The highest BCUT2D eigenvalue weighted by Crippen LogP contribution is 2.24. The number of hydrogen-bond acceptors (Lipinski definition) is 4. The third-order valence-electron chi connectivity index (χ3n) is 3.47. The Morgan fingerprint density at radius 3 is 2.42 bits per heavy atom. The van der Waals surface area contributed by atoms with Crippen molar-refractivity contribution in [3.05, 3.63) is 60.2 Å². The molecule has 0 saturated heterocycles. The first-order valence-corrected chi connectivity index (χ1v) is 10.7. The largest absolute Gasteiger partial charge is 0.325 e. The molecule has 0 aromatic heterocycles. The Kier molecular flexibility index (Phi) is 6.87. The molecule has 1 N–H and O–H groups in total. The van der Waals surface area contributed by atoms with Crippen LogP contribution in [0.5, 0.6) is 0 Å². The molecule has 4 nitrogen and oxygen atoms in total. The Balaban J connectivity index is 1.82. The number of sulfone groups is 1. The number of rotatable bonds is 8. The molecule has 0 aliphatic carbocycles. The topological polar surface area (TPSA) is 63.2 Å². The lowest BCUT2D eigenvalue weighted by Crippen LogP contribution is -2.15. The maximum absolute atomic E-state index is 12.1. The average molecular weight is 364 g/mol. The van der Waals surface area contributed by atoms with E-state index in [-0.39, 0.29) is 23.8 Å². The number of amides is 1. The van der Waals surface area contributed by atoms with Crippen LogP contribution in [0.15, 0.2) is 59.5 Å². The number of nitrogens with one attached hydrogen (secondary N) is 1. The average Bonchev–Trinajstić information content (AvgIpc) is 2.55. The van der Waals surface area contributed by atoms with Crippen molar-refractivity contribution in [2.24, 2.45) is 0 Å². The molecule has 0 aliphatic rings. The molecule has 2 rings (SSSR count). The van der Waals surface area contributed by atoms with E-state index in [9.17, 15) is 13.2 Å². The summed E-state index contributed by atoms with van der Waals surface area (Å²) in [6.45, 7) is 0. The summed E-state index contributed by atoms with van der Waals surface area (Å²) in [6, 6.07) is 16.6. The molecule has 6 heteroatoms. The first-order chi connectivity index (χ1) is 11.5. The Morgan fingerprint density at radius 1 is 1.04 bits per heavy atom. The van der Waals surface area contributed by atoms with Gasteiger partial charge in [0.15, 0.2) is 9.84 Å². The summed E-state index contributed by atoms with van der Waals surface area (Å²) in [7, 11) is -3.20. The van der Waals surface area contributed by atoms with E-state index in [1.807, 2.05) is 48.7 Å². The summed E-state index contributed by atoms with van der Waals surface area (Å²) in [5.41, 5.74) is 1.54. The van der Waals surface area contributed by atoms with Gasteiger partial charge in [0.05, 0.1) is 17.2 Å². The molecule has 0 fully saturated rings. The molecular weight excluding hydrogens is 342 g/mol. The zero-order valence-corrected chi connectivity index (χ0v) is 15.2. The minimum Gasteiger partial charge on any atom is -0.325 e. The monoisotopic (exact) mass is 363 g/mol. The Hall–Kier alpha value is -1.79. The molecule has 2 aromatic rings. The van der Waals surface area contributed by atoms with E-state index in [0.717, 1.165) is 16.1 Å². The van der Waals surface area contributed by atoms with Crippen LogP contribution in [-0.2, 0) is 20.4 Å². The van der Waals surface area contributed by atoms with Crippen molar-refractivity contribution in [3.8, 4) is 0 Å². The fraction of sp³-hybridized carbons (Fsp3) is 0.278. The van der Waals surface area contributed by atoms with E-state index in [1.54, 1.807) is 23.9 Å². The minimum atomic E-state index is -3.20. The van der Waals surface area contributed by atoms with Gasteiger partial charge < -0.3 is 5.32 Å². The van der Waals surface area contributed by atoms with Crippen molar-refractivity contribution < 1.29 is 13.2 Å². The first kappa shape index (κ1) is 18.5. The van der Waals surface area contributed by atoms with Crippen LogP contribution in [0, 0.1) is 0 Å². The van der Waals surface area contributed by atoms with E-state index in [0.29, 0.717) is 6.42 Å². The number of para-hydroxylation sites is 1. The van der Waals surface area contributed by atoms with Gasteiger partial charge in [0.1, 0.15) is 0 Å². The normalized spacial score (nSPS) is 11.2. The smallest absolute Gasteiger partial charge is 0.224 e. The second-order valence-corrected chi connectivity index (χ2v) is 8.46. The Labute approximate surface area is 147 Å². The number of thioether (sulfide) groups is 1. The predicted molar refractivity (Wildman–Crippen MR) is 100 cm³/mol. The van der Waals surface area contributed by atoms with Gasteiger partial charge in [-0.05, 0) is 30.4 Å². The number of hydrogen-bond donors (Lipinski definition) is 1. The van der Waals surface area contributed by atoms with Crippen molar-refractivity contribution >= 4 is 33.2 Å². The highest BCUT2D eigenvalue weighted by atomic mass is 32.2. The Bertz CT molecular complexity index is 774. The summed E-state index contributed by atoms with van der Waals surface area (Å²) >= 11 is 1.56. The molecule has 0 saturated carbocycles. The van der Waals surface area contributed by atoms with Crippen LogP contribution in [-0.4, -0.2) is 26.3 Å². The molecule has 0 aliphatic heterocycles. The Morgan fingerprint density at radius 2 is 1.71 bits per heavy atom. The van der Waals surface area contributed by atoms with Gasteiger partial charge in [0, 0.05) is 11.3 Å². The van der Waals surface area contributed by atoms with Crippen LogP contribution in [0.25, 0.3) is 0 Å². The van der Waals surface area contributed by atoms with Crippen LogP contribution in [0.1, 0.15) is 18.4 Å². The molecule has 0 atom stereocenters. The summed E-state index contributed by atoms with van der Waals surface area (Å²) in [5.74, 6) is -0.129. The van der Waals surface area contributed by atoms with Crippen molar-refractivity contribution in [2.45, 2.75) is 23.5 Å². The highest BCUT2D eigenvalue weighted by Gasteiger charge is 2.13. The lowest BCUT2D eigenvalue weighted by atomic mass is 10.2. The number of anilines is 1. The van der Waals surface area contributed by atoms with Gasteiger partial charge in [-0.15, -0.1) is 11.8 Å².